The van der Waals surface area contributed by atoms with Crippen molar-refractivity contribution in [1.82, 2.24) is 15.8 Å². The first kappa shape index (κ1) is 20.2. The largest absolute Gasteiger partial charge is 0.497 e. The molecule has 8 heteroatoms. The lowest BCUT2D eigenvalue weighted by molar-refractivity contribution is -0.132. The monoisotopic (exact) mass is 397 g/mol. The van der Waals surface area contributed by atoms with E-state index in [2.05, 4.69) is 10.9 Å². The van der Waals surface area contributed by atoms with Crippen molar-refractivity contribution in [3.05, 3.63) is 60.2 Å². The summed E-state index contributed by atoms with van der Waals surface area (Å²) in [6.07, 6.45) is 0.122. The highest BCUT2D eigenvalue weighted by atomic mass is 16.5. The molecule has 1 aliphatic rings. The van der Waals surface area contributed by atoms with Crippen molar-refractivity contribution < 1.29 is 23.9 Å². The molecule has 2 N–H and O–H groups in total. The van der Waals surface area contributed by atoms with Gasteiger partial charge < -0.3 is 14.4 Å². The Labute approximate surface area is 168 Å². The fourth-order valence-corrected chi connectivity index (χ4v) is 2.99. The molecular weight excluding hydrogens is 374 g/mol. The number of methoxy groups -OCH3 is 1. The third kappa shape index (κ3) is 5.71. The van der Waals surface area contributed by atoms with Gasteiger partial charge in [-0.2, -0.15) is 0 Å². The van der Waals surface area contributed by atoms with Gasteiger partial charge in [0, 0.05) is 19.5 Å². The molecule has 1 atom stereocenters. The van der Waals surface area contributed by atoms with Gasteiger partial charge in [-0.3, -0.25) is 25.2 Å². The van der Waals surface area contributed by atoms with E-state index in [4.69, 9.17) is 9.47 Å². The molecule has 0 aromatic heterocycles. The minimum Gasteiger partial charge on any atom is -0.497 e. The van der Waals surface area contributed by atoms with Gasteiger partial charge in [0.25, 0.3) is 5.91 Å². The zero-order chi connectivity index (χ0) is 20.6. The molecule has 0 saturated carbocycles. The lowest BCUT2D eigenvalue weighted by Crippen LogP contribution is -2.46. The van der Waals surface area contributed by atoms with E-state index >= 15 is 0 Å². The van der Waals surface area contributed by atoms with Crippen LogP contribution in [0.5, 0.6) is 11.5 Å². The molecule has 29 heavy (non-hydrogen) atoms. The minimum atomic E-state index is -0.506. The molecule has 1 heterocycles. The molecule has 0 spiro atoms. The van der Waals surface area contributed by atoms with Gasteiger partial charge in [-0.05, 0) is 29.8 Å². The second-order valence-electron chi connectivity index (χ2n) is 6.66. The maximum atomic E-state index is 12.3. The highest BCUT2D eigenvalue weighted by molar-refractivity contribution is 5.90. The number of nitrogens with zero attached hydrogens (tertiary/aromatic N) is 1. The van der Waals surface area contributed by atoms with Gasteiger partial charge in [0.2, 0.25) is 11.8 Å². The maximum absolute atomic E-state index is 12.3. The van der Waals surface area contributed by atoms with E-state index in [1.807, 2.05) is 30.3 Å². The minimum absolute atomic E-state index is 0.0804. The maximum Gasteiger partial charge on any atom is 0.276 e. The summed E-state index contributed by atoms with van der Waals surface area (Å²) in [4.78, 5) is 38.0. The van der Waals surface area contributed by atoms with E-state index in [0.717, 1.165) is 5.56 Å². The molecule has 1 unspecified atom stereocenters. The number of nitrogens with one attached hydrogen (secondary N) is 2. The average molecular weight is 397 g/mol. The fourth-order valence-electron chi connectivity index (χ4n) is 2.99. The molecule has 2 aromatic carbocycles. The molecule has 1 fully saturated rings. The van der Waals surface area contributed by atoms with E-state index in [-0.39, 0.29) is 18.9 Å². The quantitative estimate of drug-likeness (QED) is 0.686. The van der Waals surface area contributed by atoms with Crippen molar-refractivity contribution in [3.8, 4) is 11.5 Å². The number of hydrogen-bond donors (Lipinski definition) is 2. The van der Waals surface area contributed by atoms with Crippen molar-refractivity contribution in [2.45, 2.75) is 13.0 Å². The zero-order valence-electron chi connectivity index (χ0n) is 16.1. The Morgan fingerprint density at radius 3 is 2.41 bits per heavy atom. The first-order valence-corrected chi connectivity index (χ1v) is 9.22. The number of benzene rings is 2. The van der Waals surface area contributed by atoms with Crippen molar-refractivity contribution in [1.29, 1.82) is 0 Å². The summed E-state index contributed by atoms with van der Waals surface area (Å²) in [5.74, 6) is -0.296. The van der Waals surface area contributed by atoms with Gasteiger partial charge in [-0.1, -0.05) is 30.3 Å². The van der Waals surface area contributed by atoms with Crippen LogP contribution in [0, 0.1) is 5.92 Å². The van der Waals surface area contributed by atoms with Crippen LogP contribution >= 0.6 is 0 Å². The van der Waals surface area contributed by atoms with Crippen LogP contribution in [-0.2, 0) is 20.9 Å². The Balaban J connectivity index is 1.40. The van der Waals surface area contributed by atoms with E-state index in [0.29, 0.717) is 24.6 Å². The summed E-state index contributed by atoms with van der Waals surface area (Å²) in [6, 6.07) is 16.4. The molecule has 0 aliphatic carbocycles. The number of rotatable bonds is 7. The van der Waals surface area contributed by atoms with Gasteiger partial charge in [0.05, 0.1) is 13.0 Å². The van der Waals surface area contributed by atoms with Crippen LogP contribution in [0.3, 0.4) is 0 Å². The summed E-state index contributed by atoms with van der Waals surface area (Å²) in [5, 5.41) is 0. The van der Waals surface area contributed by atoms with Crippen LogP contribution in [-0.4, -0.2) is 42.9 Å². The van der Waals surface area contributed by atoms with Crippen LogP contribution < -0.4 is 20.3 Å². The lowest BCUT2D eigenvalue weighted by atomic mass is 10.1. The Morgan fingerprint density at radius 2 is 1.72 bits per heavy atom. The molecule has 2 aromatic rings. The highest BCUT2D eigenvalue weighted by Gasteiger charge is 2.34. The Morgan fingerprint density at radius 1 is 1.03 bits per heavy atom. The average Bonchev–Trinajstić information content (AvgIpc) is 3.12. The van der Waals surface area contributed by atoms with Crippen molar-refractivity contribution in [2.24, 2.45) is 5.92 Å². The number of hydrazine groups is 1. The lowest BCUT2D eigenvalue weighted by Gasteiger charge is -2.16. The predicted molar refractivity (Wildman–Crippen MR) is 105 cm³/mol. The molecular formula is C21H23N3O5. The Bertz CT molecular complexity index is 854. The Hall–Kier alpha value is -3.55. The van der Waals surface area contributed by atoms with Crippen LogP contribution in [0.15, 0.2) is 54.6 Å². The summed E-state index contributed by atoms with van der Waals surface area (Å²) >= 11 is 0. The third-order valence-electron chi connectivity index (χ3n) is 4.56. The van der Waals surface area contributed by atoms with Crippen molar-refractivity contribution in [2.75, 3.05) is 20.3 Å². The van der Waals surface area contributed by atoms with E-state index < -0.39 is 17.7 Å². The summed E-state index contributed by atoms with van der Waals surface area (Å²) in [7, 11) is 1.56. The number of hydrogen-bond acceptors (Lipinski definition) is 5. The second-order valence-corrected chi connectivity index (χ2v) is 6.66. The molecule has 3 amide bonds. The van der Waals surface area contributed by atoms with Crippen LogP contribution in [0.25, 0.3) is 0 Å². The summed E-state index contributed by atoms with van der Waals surface area (Å²) in [5.41, 5.74) is 5.69. The van der Waals surface area contributed by atoms with E-state index in [9.17, 15) is 14.4 Å². The molecule has 8 nitrogen and oxygen atoms in total. The third-order valence-corrected chi connectivity index (χ3v) is 4.56. The van der Waals surface area contributed by atoms with Crippen molar-refractivity contribution in [3.63, 3.8) is 0 Å². The molecule has 152 valence electrons. The number of carbonyl (C=O) groups is 3. The van der Waals surface area contributed by atoms with Gasteiger partial charge >= 0.3 is 0 Å². The van der Waals surface area contributed by atoms with Crippen LogP contribution in [0.2, 0.25) is 0 Å². The molecule has 0 radical (unpaired) electrons. The number of carbonyl (C=O) groups excluding carboxylic acids is 3. The normalized spacial score (nSPS) is 15.7. The SMILES string of the molecule is COc1ccc(OCC(=O)NNC(=O)C2CC(=O)N(Cc3ccccc3)C2)cc1. The summed E-state index contributed by atoms with van der Waals surface area (Å²) in [6.45, 7) is 0.527. The van der Waals surface area contributed by atoms with Crippen molar-refractivity contribution >= 4 is 17.7 Å². The zero-order valence-corrected chi connectivity index (χ0v) is 16.1. The molecule has 1 aliphatic heterocycles. The smallest absolute Gasteiger partial charge is 0.276 e. The number of ether oxygens (including phenoxy) is 2. The number of amides is 3. The highest BCUT2D eigenvalue weighted by Crippen LogP contribution is 2.20. The first-order valence-electron chi connectivity index (χ1n) is 9.22. The van der Waals surface area contributed by atoms with E-state index in [1.165, 1.54) is 0 Å². The Kier molecular flexibility index (Phi) is 6.67. The molecule has 1 saturated heterocycles. The summed E-state index contributed by atoms with van der Waals surface area (Å²) < 4.78 is 10.4. The standard InChI is InChI=1S/C21H23N3O5/c1-28-17-7-9-18(10-8-17)29-14-19(25)22-23-21(27)16-11-20(26)24(13-16)12-15-5-3-2-4-6-15/h2-10,16H,11-14H2,1H3,(H,22,25)(H,23,27). The van der Waals surface area contributed by atoms with Gasteiger partial charge in [0.15, 0.2) is 6.61 Å². The topological polar surface area (TPSA) is 97.0 Å². The van der Waals surface area contributed by atoms with Crippen LogP contribution in [0.1, 0.15) is 12.0 Å². The first-order chi connectivity index (χ1) is 14.0. The van der Waals surface area contributed by atoms with Gasteiger partial charge in [-0.25, -0.2) is 0 Å². The van der Waals surface area contributed by atoms with Gasteiger partial charge in [-0.15, -0.1) is 0 Å². The number of likely N-dealkylation sites (tertiary alicyclic amines) is 1. The second kappa shape index (κ2) is 9.59. The van der Waals surface area contributed by atoms with E-state index in [1.54, 1.807) is 36.3 Å². The fraction of sp³-hybridized carbons (Fsp3) is 0.286. The van der Waals surface area contributed by atoms with Gasteiger partial charge in [0.1, 0.15) is 11.5 Å². The molecule has 3 rings (SSSR count). The molecule has 0 bridgehead atoms. The van der Waals surface area contributed by atoms with Crippen LogP contribution in [0.4, 0.5) is 0 Å². The predicted octanol–water partition coefficient (Wildman–Crippen LogP) is 1.27.